The summed E-state index contributed by atoms with van der Waals surface area (Å²) in [5.41, 5.74) is 10.4. The second kappa shape index (κ2) is 10.8. The maximum absolute atomic E-state index is 5.37. The fraction of sp³-hybridized carbons (Fsp3) is 0.667. The Morgan fingerprint density at radius 2 is 0.564 bits per heavy atom. The average molecular weight is 598 g/mol. The van der Waals surface area contributed by atoms with Gasteiger partial charge in [0.1, 0.15) is 0 Å². The Morgan fingerprint density at radius 1 is 0.359 bits per heavy atom. The molecule has 0 heterocycles. The molecule has 0 saturated carbocycles. The zero-order valence-corrected chi connectivity index (χ0v) is 30.3. The summed E-state index contributed by atoms with van der Waals surface area (Å²) in [5.74, 6) is 0. The Labute approximate surface area is 247 Å². The van der Waals surface area contributed by atoms with Crippen molar-refractivity contribution in [2.24, 2.45) is 7.92 Å². The molecular weight excluding hydrogens is 539 g/mol. The first-order valence-corrected chi connectivity index (χ1v) is 16.2. The first kappa shape index (κ1) is 33.8. The molecule has 2 aromatic rings. The van der Waals surface area contributed by atoms with E-state index in [1.165, 1.54) is 33.4 Å². The Balaban J connectivity index is 3.02. The van der Waals surface area contributed by atoms with E-state index < -0.39 is 0 Å². The van der Waals surface area contributed by atoms with Gasteiger partial charge in [0.25, 0.3) is 0 Å². The molecule has 0 saturated heterocycles. The van der Waals surface area contributed by atoms with Crippen LogP contribution in [0.1, 0.15) is 158 Å². The van der Waals surface area contributed by atoms with Crippen LogP contribution in [0.5, 0.6) is 0 Å². The van der Waals surface area contributed by atoms with Gasteiger partial charge in [0.05, 0.1) is 0 Å². The second-order valence-corrected chi connectivity index (χ2v) is 18.7. The van der Waals surface area contributed by atoms with E-state index >= 15 is 0 Å². The summed E-state index contributed by atoms with van der Waals surface area (Å²) in [6.07, 6.45) is 0. The summed E-state index contributed by atoms with van der Waals surface area (Å²) < 4.78 is 10.7. The summed E-state index contributed by atoms with van der Waals surface area (Å²) in [6.45, 7) is 41.6. The number of rotatable bonds is 2. The molecule has 0 aromatic heterocycles. The SMILES string of the molecule is CC(C)(C)c1cc(C(C)(C)C)c(N=[Se]=Nc2c(C(C)(C)C)cc(C(C)(C)C)cc2C(C)(C)C)c(C(C)(C)C)c1. The molecule has 0 atom stereocenters. The fourth-order valence-electron chi connectivity index (χ4n) is 4.72. The molecule has 0 aliphatic carbocycles. The Morgan fingerprint density at radius 3 is 0.718 bits per heavy atom. The minimum absolute atomic E-state index is 0.0162. The number of nitrogens with zero attached hydrogens (tertiary/aromatic N) is 2. The molecule has 2 rings (SSSR count). The van der Waals surface area contributed by atoms with Crippen LogP contribution in [0.3, 0.4) is 0 Å². The first-order chi connectivity index (χ1) is 17.1. The number of hydrogen-bond acceptors (Lipinski definition) is 2. The van der Waals surface area contributed by atoms with Gasteiger partial charge in [0.15, 0.2) is 0 Å². The van der Waals surface area contributed by atoms with Gasteiger partial charge < -0.3 is 0 Å². The zero-order valence-electron chi connectivity index (χ0n) is 28.6. The van der Waals surface area contributed by atoms with Gasteiger partial charge in [-0.05, 0) is 0 Å². The molecule has 0 unspecified atom stereocenters. The standard InChI is InChI=1S/C36H58N2Se/c1-31(2,3)23-19-25(33(7,8)9)29(26(20-23)34(10,11)12)37-39-38-30-27(35(13,14)15)21-24(32(4,5)6)22-28(30)36(16,17)18/h19-22H,1-18H3. The molecule has 2 aromatic carbocycles. The number of hydrogen-bond donors (Lipinski definition) is 0. The van der Waals surface area contributed by atoms with Crippen molar-refractivity contribution in [1.29, 1.82) is 0 Å². The molecule has 0 spiro atoms. The van der Waals surface area contributed by atoms with Crippen molar-refractivity contribution in [2.75, 3.05) is 0 Å². The molecule has 0 aliphatic heterocycles. The van der Waals surface area contributed by atoms with E-state index in [9.17, 15) is 0 Å². The van der Waals surface area contributed by atoms with Gasteiger partial charge >= 0.3 is 249 Å². The van der Waals surface area contributed by atoms with Crippen molar-refractivity contribution in [2.45, 2.75) is 157 Å². The normalized spacial score (nSPS) is 13.9. The van der Waals surface area contributed by atoms with E-state index in [1.54, 1.807) is 0 Å². The average Bonchev–Trinajstić information content (AvgIpc) is 2.68. The van der Waals surface area contributed by atoms with Crippen molar-refractivity contribution in [1.82, 2.24) is 0 Å². The van der Waals surface area contributed by atoms with Gasteiger partial charge in [0.2, 0.25) is 0 Å². The van der Waals surface area contributed by atoms with Crippen molar-refractivity contribution < 1.29 is 0 Å². The van der Waals surface area contributed by atoms with E-state index in [-0.39, 0.29) is 47.1 Å². The van der Waals surface area contributed by atoms with Gasteiger partial charge in [-0.1, -0.05) is 0 Å². The van der Waals surface area contributed by atoms with Crippen LogP contribution in [0.4, 0.5) is 11.4 Å². The van der Waals surface area contributed by atoms with Gasteiger partial charge in [0, 0.05) is 0 Å². The van der Waals surface area contributed by atoms with Gasteiger partial charge in [-0.15, -0.1) is 0 Å². The van der Waals surface area contributed by atoms with Gasteiger partial charge in [-0.3, -0.25) is 0 Å². The van der Waals surface area contributed by atoms with Gasteiger partial charge in [-0.2, -0.15) is 0 Å². The van der Waals surface area contributed by atoms with E-state index in [1.807, 2.05) is 0 Å². The first-order valence-electron chi connectivity index (χ1n) is 14.6. The Hall–Kier alpha value is -1.44. The van der Waals surface area contributed by atoms with Crippen molar-refractivity contribution in [3.8, 4) is 0 Å². The third-order valence-electron chi connectivity index (χ3n) is 7.45. The topological polar surface area (TPSA) is 24.7 Å². The van der Waals surface area contributed by atoms with E-state index in [4.69, 9.17) is 7.92 Å². The molecule has 2 nitrogen and oxygen atoms in total. The van der Waals surface area contributed by atoms with Crippen molar-refractivity contribution in [3.05, 3.63) is 57.6 Å². The van der Waals surface area contributed by atoms with Crippen LogP contribution in [-0.4, -0.2) is 14.6 Å². The summed E-state index contributed by atoms with van der Waals surface area (Å²) >= 11 is -0.285. The van der Waals surface area contributed by atoms with Crippen molar-refractivity contribution >= 4 is 25.9 Å². The fourth-order valence-corrected chi connectivity index (χ4v) is 5.97. The quantitative estimate of drug-likeness (QED) is 0.308. The minimum atomic E-state index is -0.285. The predicted molar refractivity (Wildman–Crippen MR) is 175 cm³/mol. The molecule has 0 amide bonds. The monoisotopic (exact) mass is 598 g/mol. The van der Waals surface area contributed by atoms with Crippen LogP contribution in [0.15, 0.2) is 32.2 Å². The molecule has 0 bridgehead atoms. The molecule has 218 valence electrons. The summed E-state index contributed by atoms with van der Waals surface area (Å²) in [6, 6.07) is 9.62. The van der Waals surface area contributed by atoms with Crippen LogP contribution in [0.25, 0.3) is 0 Å². The zero-order chi connectivity index (χ0) is 30.6. The third-order valence-corrected chi connectivity index (χ3v) is 8.56. The molecule has 0 aliphatic rings. The van der Waals surface area contributed by atoms with Gasteiger partial charge in [-0.25, -0.2) is 0 Å². The Bertz CT molecular complexity index is 1090. The maximum atomic E-state index is 5.37. The van der Waals surface area contributed by atoms with Crippen LogP contribution in [0.2, 0.25) is 0 Å². The third kappa shape index (κ3) is 8.29. The predicted octanol–water partition coefficient (Wildman–Crippen LogP) is 11.5. The Kier molecular flexibility index (Phi) is 9.31. The van der Waals surface area contributed by atoms with Crippen LogP contribution in [0, 0.1) is 0 Å². The van der Waals surface area contributed by atoms with E-state index in [0.29, 0.717) is 0 Å². The molecule has 0 radical (unpaired) electrons. The molecule has 0 N–H and O–H groups in total. The number of benzene rings is 2. The molecule has 0 fully saturated rings. The van der Waals surface area contributed by atoms with E-state index in [2.05, 4.69) is 149 Å². The molecular formula is C36H58N2Se. The van der Waals surface area contributed by atoms with Crippen LogP contribution < -0.4 is 0 Å². The molecule has 39 heavy (non-hydrogen) atoms. The van der Waals surface area contributed by atoms with Crippen LogP contribution >= 0.6 is 0 Å². The second-order valence-electron chi connectivity index (χ2n) is 17.6. The summed E-state index contributed by atoms with van der Waals surface area (Å²) in [5, 5.41) is 0. The summed E-state index contributed by atoms with van der Waals surface area (Å²) in [7, 11) is 0. The van der Waals surface area contributed by atoms with Crippen LogP contribution in [-0.2, 0) is 32.5 Å². The molecule has 3 heteroatoms. The van der Waals surface area contributed by atoms with E-state index in [0.717, 1.165) is 11.4 Å². The summed E-state index contributed by atoms with van der Waals surface area (Å²) in [4.78, 5) is 0. The van der Waals surface area contributed by atoms with Crippen molar-refractivity contribution in [3.63, 3.8) is 0 Å².